The molecule has 0 aliphatic heterocycles. The Balaban J connectivity index is 2.13. The molecule has 2 aromatic carbocycles. The Morgan fingerprint density at radius 3 is 2.00 bits per heavy atom. The number of hydrogen-bond acceptors (Lipinski definition) is 2. The summed E-state index contributed by atoms with van der Waals surface area (Å²) in [7, 11) is 0. The zero-order chi connectivity index (χ0) is 17.2. The zero-order valence-corrected chi connectivity index (χ0v) is 13.0. The normalized spacial score (nSPS) is 11.2. The number of rotatable bonds is 3. The first kappa shape index (κ1) is 16.9. The van der Waals surface area contributed by atoms with Crippen LogP contribution in [-0.4, -0.2) is 11.4 Å². The number of carbonyl (C=O) groups is 1. The van der Waals surface area contributed by atoms with Crippen LogP contribution in [0.3, 0.4) is 0 Å². The Labute approximate surface area is 132 Å². The van der Waals surface area contributed by atoms with E-state index in [1.807, 2.05) is 20.8 Å². The summed E-state index contributed by atoms with van der Waals surface area (Å²) in [6.07, 6.45) is 0. The van der Waals surface area contributed by atoms with Crippen LogP contribution in [0, 0.1) is 17.5 Å². The molecule has 2 rings (SSSR count). The lowest BCUT2D eigenvalue weighted by Gasteiger charge is -2.22. The Bertz CT molecular complexity index is 722. The van der Waals surface area contributed by atoms with Crippen LogP contribution in [0.4, 0.5) is 24.5 Å². The molecule has 2 aromatic rings. The number of nitrogens with one attached hydrogen (secondary N) is 2. The molecule has 6 heteroatoms. The van der Waals surface area contributed by atoms with E-state index in [0.717, 1.165) is 11.8 Å². The first-order valence-corrected chi connectivity index (χ1v) is 7.00. The number of carbonyl (C=O) groups excluding carboxylic acids is 1. The van der Waals surface area contributed by atoms with Gasteiger partial charge < -0.3 is 10.6 Å². The first-order valence-electron chi connectivity index (χ1n) is 7.00. The van der Waals surface area contributed by atoms with Gasteiger partial charge in [-0.1, -0.05) is 0 Å². The molecule has 0 atom stereocenters. The number of anilines is 2. The van der Waals surface area contributed by atoms with Gasteiger partial charge in [-0.15, -0.1) is 0 Å². The molecule has 0 spiro atoms. The maximum Gasteiger partial charge on any atom is 0.258 e. The largest absolute Gasteiger partial charge is 0.380 e. The predicted octanol–water partition coefficient (Wildman–Crippen LogP) is 4.57. The Morgan fingerprint density at radius 2 is 1.43 bits per heavy atom. The summed E-state index contributed by atoms with van der Waals surface area (Å²) >= 11 is 0. The van der Waals surface area contributed by atoms with Gasteiger partial charge in [0, 0.05) is 16.9 Å². The van der Waals surface area contributed by atoms with Gasteiger partial charge in [-0.2, -0.15) is 0 Å². The Kier molecular flexibility index (Phi) is 4.63. The molecule has 0 radical (unpaired) electrons. The molecule has 0 saturated carbocycles. The topological polar surface area (TPSA) is 41.1 Å². The summed E-state index contributed by atoms with van der Waals surface area (Å²) in [6.45, 7) is 6.03. The predicted molar refractivity (Wildman–Crippen MR) is 84.1 cm³/mol. The number of halogens is 3. The van der Waals surface area contributed by atoms with E-state index in [2.05, 4.69) is 10.6 Å². The van der Waals surface area contributed by atoms with Crippen molar-refractivity contribution in [3.63, 3.8) is 0 Å². The van der Waals surface area contributed by atoms with Gasteiger partial charge in [0.1, 0.15) is 0 Å². The second-order valence-electron chi connectivity index (χ2n) is 6.13. The fourth-order valence-corrected chi connectivity index (χ4v) is 1.97. The van der Waals surface area contributed by atoms with Crippen LogP contribution in [0.25, 0.3) is 0 Å². The second kappa shape index (κ2) is 6.32. The van der Waals surface area contributed by atoms with Gasteiger partial charge in [0.05, 0.1) is 5.56 Å². The lowest BCUT2D eigenvalue weighted by atomic mass is 10.1. The van der Waals surface area contributed by atoms with Crippen molar-refractivity contribution in [2.45, 2.75) is 26.3 Å². The van der Waals surface area contributed by atoms with E-state index in [-0.39, 0.29) is 5.54 Å². The summed E-state index contributed by atoms with van der Waals surface area (Å²) in [5.74, 6) is -5.36. The highest BCUT2D eigenvalue weighted by Crippen LogP contribution is 2.20. The molecule has 23 heavy (non-hydrogen) atoms. The molecule has 0 saturated heterocycles. The molecule has 0 aromatic heterocycles. The molecule has 122 valence electrons. The van der Waals surface area contributed by atoms with Crippen molar-refractivity contribution in [3.05, 3.63) is 59.4 Å². The molecule has 0 fully saturated rings. The molecule has 1 amide bonds. The average molecular weight is 322 g/mol. The third-order valence-corrected chi connectivity index (χ3v) is 2.94. The second-order valence-corrected chi connectivity index (χ2v) is 6.13. The van der Waals surface area contributed by atoms with Crippen LogP contribution >= 0.6 is 0 Å². The third kappa shape index (κ3) is 4.25. The molecule has 3 nitrogen and oxygen atoms in total. The van der Waals surface area contributed by atoms with Crippen molar-refractivity contribution >= 4 is 17.3 Å². The van der Waals surface area contributed by atoms with Crippen LogP contribution in [-0.2, 0) is 0 Å². The van der Waals surface area contributed by atoms with Gasteiger partial charge in [-0.25, -0.2) is 13.2 Å². The number of benzene rings is 2. The van der Waals surface area contributed by atoms with Crippen molar-refractivity contribution in [2.75, 3.05) is 10.6 Å². The summed E-state index contributed by atoms with van der Waals surface area (Å²) < 4.78 is 39.6. The monoisotopic (exact) mass is 322 g/mol. The van der Waals surface area contributed by atoms with E-state index in [9.17, 15) is 18.0 Å². The quantitative estimate of drug-likeness (QED) is 0.813. The first-order chi connectivity index (χ1) is 10.7. The molecule has 0 heterocycles. The van der Waals surface area contributed by atoms with E-state index >= 15 is 0 Å². The molecule has 0 bridgehead atoms. The Hall–Kier alpha value is -2.50. The minimum Gasteiger partial charge on any atom is -0.380 e. The fourth-order valence-electron chi connectivity index (χ4n) is 1.97. The average Bonchev–Trinajstić information content (AvgIpc) is 2.45. The minimum atomic E-state index is -1.66. The van der Waals surface area contributed by atoms with Crippen molar-refractivity contribution in [3.8, 4) is 0 Å². The van der Waals surface area contributed by atoms with E-state index in [4.69, 9.17) is 0 Å². The molecule has 0 aliphatic rings. The summed E-state index contributed by atoms with van der Waals surface area (Å²) in [4.78, 5) is 12.0. The van der Waals surface area contributed by atoms with Gasteiger partial charge >= 0.3 is 0 Å². The summed E-state index contributed by atoms with van der Waals surface area (Å²) in [6, 6.07) is 8.38. The maximum atomic E-state index is 13.6. The van der Waals surface area contributed by atoms with Gasteiger partial charge in [0.25, 0.3) is 5.91 Å². The highest BCUT2D eigenvalue weighted by molar-refractivity contribution is 6.04. The van der Waals surface area contributed by atoms with E-state index in [1.54, 1.807) is 24.3 Å². The van der Waals surface area contributed by atoms with E-state index in [0.29, 0.717) is 11.8 Å². The third-order valence-electron chi connectivity index (χ3n) is 2.94. The van der Waals surface area contributed by atoms with Gasteiger partial charge in [0.2, 0.25) is 0 Å². The molecular weight excluding hydrogens is 305 g/mol. The van der Waals surface area contributed by atoms with Gasteiger partial charge in [0.15, 0.2) is 17.5 Å². The highest BCUT2D eigenvalue weighted by Gasteiger charge is 2.19. The smallest absolute Gasteiger partial charge is 0.258 e. The van der Waals surface area contributed by atoms with Crippen molar-refractivity contribution in [2.24, 2.45) is 0 Å². The maximum absolute atomic E-state index is 13.6. The van der Waals surface area contributed by atoms with Crippen LogP contribution in [0.2, 0.25) is 0 Å². The molecule has 0 aliphatic carbocycles. The van der Waals surface area contributed by atoms with Crippen LogP contribution < -0.4 is 10.6 Å². The standard InChI is InChI=1S/C17H17F3N2O/c1-17(2,3)22-11-6-4-10(5-7-11)21-16(23)12-8-9-13(18)15(20)14(12)19/h4-9,22H,1-3H3,(H,21,23). The fraction of sp³-hybridized carbons (Fsp3) is 0.235. The zero-order valence-electron chi connectivity index (χ0n) is 13.0. The Morgan fingerprint density at radius 1 is 0.870 bits per heavy atom. The van der Waals surface area contributed by atoms with Crippen molar-refractivity contribution in [1.82, 2.24) is 0 Å². The van der Waals surface area contributed by atoms with Crippen molar-refractivity contribution < 1.29 is 18.0 Å². The minimum absolute atomic E-state index is 0.112. The van der Waals surface area contributed by atoms with Crippen molar-refractivity contribution in [1.29, 1.82) is 0 Å². The summed E-state index contributed by atoms with van der Waals surface area (Å²) in [5.41, 5.74) is 0.605. The number of hydrogen-bond donors (Lipinski definition) is 2. The summed E-state index contributed by atoms with van der Waals surface area (Å²) in [5, 5.41) is 5.69. The lowest BCUT2D eigenvalue weighted by molar-refractivity contribution is 0.102. The molecule has 0 unspecified atom stereocenters. The van der Waals surface area contributed by atoms with Gasteiger partial charge in [-0.05, 0) is 57.2 Å². The molecule has 2 N–H and O–H groups in total. The van der Waals surface area contributed by atoms with Crippen LogP contribution in [0.5, 0.6) is 0 Å². The van der Waals surface area contributed by atoms with E-state index < -0.39 is 28.9 Å². The van der Waals surface area contributed by atoms with E-state index in [1.165, 1.54) is 0 Å². The van der Waals surface area contributed by atoms with Crippen LogP contribution in [0.15, 0.2) is 36.4 Å². The lowest BCUT2D eigenvalue weighted by Crippen LogP contribution is -2.25. The molecular formula is C17H17F3N2O. The van der Waals surface area contributed by atoms with Crippen LogP contribution in [0.1, 0.15) is 31.1 Å². The highest BCUT2D eigenvalue weighted by atomic mass is 19.2. The number of amides is 1. The SMILES string of the molecule is CC(C)(C)Nc1ccc(NC(=O)c2ccc(F)c(F)c2F)cc1. The van der Waals surface area contributed by atoms with Gasteiger partial charge in [-0.3, -0.25) is 4.79 Å².